The lowest BCUT2D eigenvalue weighted by atomic mass is 9.49. The lowest BCUT2D eigenvalue weighted by Crippen LogP contribution is -2.51. The lowest BCUT2D eigenvalue weighted by molar-refractivity contribution is -0.0629. The number of nitrogens with zero attached hydrogens (tertiary/aromatic N) is 2. The van der Waals surface area contributed by atoms with Crippen LogP contribution in [0.1, 0.15) is 73.7 Å². The van der Waals surface area contributed by atoms with Crippen molar-refractivity contribution < 1.29 is 13.2 Å². The van der Waals surface area contributed by atoms with Crippen LogP contribution in [0.2, 0.25) is 0 Å². The van der Waals surface area contributed by atoms with Gasteiger partial charge in [-0.3, -0.25) is 4.79 Å². The summed E-state index contributed by atoms with van der Waals surface area (Å²) in [6.07, 6.45) is 10.9. The van der Waals surface area contributed by atoms with E-state index in [0.29, 0.717) is 29.1 Å². The highest BCUT2D eigenvalue weighted by Crippen LogP contribution is 2.60. The highest BCUT2D eigenvalue weighted by Gasteiger charge is 2.51. The Hall–Kier alpha value is -1.40. The Morgan fingerprint density at radius 3 is 2.19 bits per heavy atom. The number of sulfonamides is 1. The number of carbonyl (C=O) groups excluding carboxylic acids is 1. The first-order valence-electron chi connectivity index (χ1n) is 12.1. The van der Waals surface area contributed by atoms with Gasteiger partial charge in [0, 0.05) is 32.2 Å². The average molecular weight is 445 g/mol. The van der Waals surface area contributed by atoms with E-state index >= 15 is 0 Å². The van der Waals surface area contributed by atoms with Gasteiger partial charge in [-0.1, -0.05) is 12.5 Å². The number of amides is 1. The Bertz CT molecular complexity index is 930. The number of piperidine rings is 1. The Labute approximate surface area is 187 Å². The average Bonchev–Trinajstić information content (AvgIpc) is 2.72. The lowest BCUT2D eigenvalue weighted by Gasteiger charge is -2.57. The third-order valence-electron chi connectivity index (χ3n) is 8.45. The van der Waals surface area contributed by atoms with Crippen LogP contribution in [0.5, 0.6) is 0 Å². The Kier molecular flexibility index (Phi) is 5.45. The summed E-state index contributed by atoms with van der Waals surface area (Å²) in [4.78, 5) is 15.5. The highest BCUT2D eigenvalue weighted by molar-refractivity contribution is 7.89. The number of carbonyl (C=O) groups is 1. The van der Waals surface area contributed by atoms with Crippen LogP contribution >= 0.6 is 0 Å². The van der Waals surface area contributed by atoms with Gasteiger partial charge in [0.1, 0.15) is 0 Å². The second kappa shape index (κ2) is 7.87. The van der Waals surface area contributed by atoms with Crippen LogP contribution in [-0.2, 0) is 10.0 Å². The van der Waals surface area contributed by atoms with E-state index in [1.165, 1.54) is 38.5 Å². The summed E-state index contributed by atoms with van der Waals surface area (Å²) in [5.41, 5.74) is 1.49. The second-order valence-corrected chi connectivity index (χ2v) is 12.9. The van der Waals surface area contributed by atoms with E-state index in [4.69, 9.17) is 0 Å². The molecule has 31 heavy (non-hydrogen) atoms. The van der Waals surface area contributed by atoms with Gasteiger partial charge in [0.2, 0.25) is 10.0 Å². The first kappa shape index (κ1) is 21.4. The number of hydrogen-bond donors (Lipinski definition) is 0. The molecular weight excluding hydrogens is 408 g/mol. The molecule has 6 heteroatoms. The fourth-order valence-electron chi connectivity index (χ4n) is 7.53. The summed E-state index contributed by atoms with van der Waals surface area (Å²) in [7, 11) is -1.65. The van der Waals surface area contributed by atoms with E-state index in [1.54, 1.807) is 22.5 Å². The molecule has 1 aliphatic heterocycles. The zero-order valence-electron chi connectivity index (χ0n) is 19.0. The molecule has 4 aliphatic carbocycles. The van der Waals surface area contributed by atoms with Crippen molar-refractivity contribution in [3.63, 3.8) is 0 Å². The van der Waals surface area contributed by atoms with Gasteiger partial charge in [0.15, 0.2) is 0 Å². The second-order valence-electron chi connectivity index (χ2n) is 11.0. The normalized spacial score (nSPS) is 32.9. The van der Waals surface area contributed by atoms with Crippen molar-refractivity contribution in [3.05, 3.63) is 29.3 Å². The summed E-state index contributed by atoms with van der Waals surface area (Å²) in [6, 6.07) is 5.21. The predicted molar refractivity (Wildman–Crippen MR) is 121 cm³/mol. The zero-order valence-corrected chi connectivity index (χ0v) is 19.8. The summed E-state index contributed by atoms with van der Waals surface area (Å²) < 4.78 is 28.1. The van der Waals surface area contributed by atoms with Crippen LogP contribution < -0.4 is 0 Å². The topological polar surface area (TPSA) is 57.7 Å². The fourth-order valence-corrected chi connectivity index (χ4v) is 9.30. The van der Waals surface area contributed by atoms with Crippen molar-refractivity contribution in [1.82, 2.24) is 9.21 Å². The van der Waals surface area contributed by atoms with Crippen LogP contribution in [-0.4, -0.2) is 50.2 Å². The number of aryl methyl sites for hydroxylation is 1. The summed E-state index contributed by atoms with van der Waals surface area (Å²) in [6.45, 7) is 3.78. The van der Waals surface area contributed by atoms with E-state index in [2.05, 4.69) is 0 Å². The molecule has 4 bridgehead atoms. The van der Waals surface area contributed by atoms with E-state index in [9.17, 15) is 13.2 Å². The molecule has 0 N–H and O–H groups in total. The largest absolute Gasteiger partial charge is 0.341 e. The third-order valence-corrected chi connectivity index (χ3v) is 10.5. The van der Waals surface area contributed by atoms with Crippen molar-refractivity contribution in [1.29, 1.82) is 0 Å². The molecule has 5 aliphatic rings. The van der Waals surface area contributed by atoms with E-state index in [-0.39, 0.29) is 11.3 Å². The smallest absolute Gasteiger partial charge is 0.253 e. The maximum atomic E-state index is 13.4. The van der Waals surface area contributed by atoms with Gasteiger partial charge < -0.3 is 4.90 Å². The molecule has 0 unspecified atom stereocenters. The molecule has 5 fully saturated rings. The quantitative estimate of drug-likeness (QED) is 0.674. The summed E-state index contributed by atoms with van der Waals surface area (Å²) >= 11 is 0. The van der Waals surface area contributed by atoms with Crippen molar-refractivity contribution in [2.45, 2.75) is 69.6 Å². The number of benzene rings is 1. The molecule has 4 saturated carbocycles. The zero-order chi connectivity index (χ0) is 21.8. The Morgan fingerprint density at radius 1 is 1.03 bits per heavy atom. The van der Waals surface area contributed by atoms with E-state index < -0.39 is 10.0 Å². The van der Waals surface area contributed by atoms with Crippen LogP contribution in [0.4, 0.5) is 0 Å². The van der Waals surface area contributed by atoms with E-state index in [0.717, 1.165) is 43.6 Å². The van der Waals surface area contributed by atoms with Gasteiger partial charge in [0.05, 0.1) is 4.90 Å². The van der Waals surface area contributed by atoms with Crippen LogP contribution in [0.25, 0.3) is 0 Å². The van der Waals surface area contributed by atoms with Gasteiger partial charge in [-0.25, -0.2) is 8.42 Å². The molecule has 1 aromatic rings. The summed E-state index contributed by atoms with van der Waals surface area (Å²) in [5, 5.41) is 0. The maximum absolute atomic E-state index is 13.4. The first-order valence-corrected chi connectivity index (χ1v) is 13.6. The molecule has 1 amide bonds. The molecule has 1 heterocycles. The highest BCUT2D eigenvalue weighted by atomic mass is 32.2. The molecule has 0 aromatic heterocycles. The van der Waals surface area contributed by atoms with Gasteiger partial charge in [-0.2, -0.15) is 4.31 Å². The molecular formula is C25H36N2O3S. The monoisotopic (exact) mass is 444 g/mol. The Balaban J connectivity index is 1.35. The number of rotatable bonds is 5. The van der Waals surface area contributed by atoms with Crippen molar-refractivity contribution in [2.75, 3.05) is 26.7 Å². The van der Waals surface area contributed by atoms with Crippen molar-refractivity contribution in [3.8, 4) is 0 Å². The van der Waals surface area contributed by atoms with Crippen molar-refractivity contribution >= 4 is 15.9 Å². The molecule has 0 radical (unpaired) electrons. The van der Waals surface area contributed by atoms with Crippen LogP contribution in [0.3, 0.4) is 0 Å². The van der Waals surface area contributed by atoms with Gasteiger partial charge >= 0.3 is 0 Å². The van der Waals surface area contributed by atoms with Crippen LogP contribution in [0.15, 0.2) is 23.1 Å². The predicted octanol–water partition coefficient (Wildman–Crippen LogP) is 4.46. The third kappa shape index (κ3) is 3.95. The minimum absolute atomic E-state index is 0.0501. The van der Waals surface area contributed by atoms with Crippen LogP contribution in [0, 0.1) is 30.1 Å². The molecule has 6 rings (SSSR count). The van der Waals surface area contributed by atoms with Gasteiger partial charge in [0.25, 0.3) is 5.91 Å². The minimum Gasteiger partial charge on any atom is -0.341 e. The molecule has 170 valence electrons. The minimum atomic E-state index is -3.56. The van der Waals surface area contributed by atoms with Crippen molar-refractivity contribution in [2.24, 2.45) is 23.2 Å². The van der Waals surface area contributed by atoms with Gasteiger partial charge in [-0.15, -0.1) is 0 Å². The molecule has 0 atom stereocenters. The molecule has 5 nitrogen and oxygen atoms in total. The molecule has 1 aromatic carbocycles. The Morgan fingerprint density at radius 2 is 1.61 bits per heavy atom. The summed E-state index contributed by atoms with van der Waals surface area (Å²) in [5.74, 6) is 2.52. The SMILES string of the molecule is Cc1ccc(C(=O)N(C)CC23CC4CC(CC(C4)C2)C3)cc1S(=O)(=O)N1CCCCC1. The number of hydrogen-bond acceptors (Lipinski definition) is 3. The molecule has 1 saturated heterocycles. The maximum Gasteiger partial charge on any atom is 0.253 e. The van der Waals surface area contributed by atoms with Gasteiger partial charge in [-0.05, 0) is 99.2 Å². The fraction of sp³-hybridized carbons (Fsp3) is 0.720. The molecule has 0 spiro atoms. The standard InChI is InChI=1S/C25H36N2O3S/c1-18-6-7-22(13-23(18)31(29,30)27-8-4-3-5-9-27)24(28)26(2)17-25-14-19-10-20(15-25)12-21(11-19)16-25/h6-7,13,19-21H,3-5,8-12,14-17H2,1-2H3. The first-order chi connectivity index (χ1) is 14.8. The van der Waals surface area contributed by atoms with E-state index in [1.807, 2.05) is 18.9 Å².